The summed E-state index contributed by atoms with van der Waals surface area (Å²) in [4.78, 5) is 4.53. The van der Waals surface area contributed by atoms with Crippen molar-refractivity contribution in [3.05, 3.63) is 63.8 Å². The van der Waals surface area contributed by atoms with Crippen molar-refractivity contribution in [2.45, 2.75) is 13.1 Å². The van der Waals surface area contributed by atoms with Crippen molar-refractivity contribution in [3.8, 4) is 28.4 Å². The van der Waals surface area contributed by atoms with E-state index in [1.807, 2.05) is 0 Å². The highest BCUT2D eigenvalue weighted by atomic mass is 35.5. The Labute approximate surface area is 191 Å². The number of ether oxygens (including phenoxy) is 2. The molecule has 2 heterocycles. The minimum absolute atomic E-state index is 0.0421. The maximum Gasteiger partial charge on any atom is 0.417 e. The first-order chi connectivity index (χ1) is 15.1. The van der Waals surface area contributed by atoms with E-state index < -0.39 is 11.7 Å². The Morgan fingerprint density at radius 1 is 0.906 bits per heavy atom. The molecule has 166 valence electrons. The minimum Gasteiger partial charge on any atom is -0.493 e. The van der Waals surface area contributed by atoms with Crippen molar-refractivity contribution in [2.24, 2.45) is 0 Å². The zero-order valence-electron chi connectivity index (χ0n) is 17.1. The quantitative estimate of drug-likeness (QED) is 0.323. The van der Waals surface area contributed by atoms with Crippen LogP contribution >= 0.6 is 23.2 Å². The number of rotatable bonds is 4. The largest absolute Gasteiger partial charge is 0.493 e. The summed E-state index contributed by atoms with van der Waals surface area (Å²) >= 11 is 12.1. The number of methoxy groups -OCH3 is 2. The van der Waals surface area contributed by atoms with Crippen LogP contribution in [0.1, 0.15) is 11.3 Å². The zero-order valence-corrected chi connectivity index (χ0v) is 18.6. The summed E-state index contributed by atoms with van der Waals surface area (Å²) in [6.45, 7) is 1.50. The first-order valence-corrected chi connectivity index (χ1v) is 10.0. The van der Waals surface area contributed by atoms with E-state index in [4.69, 9.17) is 32.7 Å². The normalized spacial score (nSPS) is 11.8. The number of halogens is 5. The van der Waals surface area contributed by atoms with Crippen LogP contribution in [0.25, 0.3) is 28.0 Å². The third-order valence-electron chi connectivity index (χ3n) is 4.95. The van der Waals surface area contributed by atoms with E-state index in [0.29, 0.717) is 27.8 Å². The Balaban J connectivity index is 2.03. The summed E-state index contributed by atoms with van der Waals surface area (Å²) in [5, 5.41) is 4.78. The molecule has 0 atom stereocenters. The molecule has 2 aromatic carbocycles. The SMILES string of the molecule is COc1ccc(-c2cc(C(F)(F)F)c3c(C)nn(-c4ccc(Cl)c(Cl)c4)c3n2)cc1OC. The van der Waals surface area contributed by atoms with Gasteiger partial charge in [0.05, 0.1) is 52.3 Å². The number of pyridine rings is 1. The number of hydrogen-bond donors (Lipinski definition) is 0. The Morgan fingerprint density at radius 3 is 2.25 bits per heavy atom. The topological polar surface area (TPSA) is 49.2 Å². The fourth-order valence-corrected chi connectivity index (χ4v) is 3.75. The number of nitrogens with zero attached hydrogens (tertiary/aromatic N) is 3. The summed E-state index contributed by atoms with van der Waals surface area (Å²) in [6, 6.07) is 10.5. The van der Waals surface area contributed by atoms with Crippen LogP contribution in [0.15, 0.2) is 42.5 Å². The van der Waals surface area contributed by atoms with Gasteiger partial charge in [-0.2, -0.15) is 18.3 Å². The van der Waals surface area contributed by atoms with Gasteiger partial charge >= 0.3 is 6.18 Å². The van der Waals surface area contributed by atoms with E-state index in [9.17, 15) is 13.2 Å². The number of aromatic nitrogens is 3. The molecule has 10 heteroatoms. The van der Waals surface area contributed by atoms with E-state index in [2.05, 4.69) is 10.1 Å². The van der Waals surface area contributed by atoms with Gasteiger partial charge < -0.3 is 9.47 Å². The predicted molar refractivity (Wildman–Crippen MR) is 117 cm³/mol. The number of alkyl halides is 3. The van der Waals surface area contributed by atoms with E-state index >= 15 is 0 Å². The molecule has 4 rings (SSSR count). The van der Waals surface area contributed by atoms with Crippen LogP contribution in [0, 0.1) is 6.92 Å². The van der Waals surface area contributed by atoms with E-state index in [1.165, 1.54) is 31.9 Å². The molecule has 0 spiro atoms. The highest BCUT2D eigenvalue weighted by molar-refractivity contribution is 6.42. The first kappa shape index (κ1) is 22.2. The van der Waals surface area contributed by atoms with E-state index in [1.54, 1.807) is 30.3 Å². The number of fused-ring (bicyclic) bond motifs is 1. The second-order valence-electron chi connectivity index (χ2n) is 6.92. The molecule has 0 bridgehead atoms. The summed E-state index contributed by atoms with van der Waals surface area (Å²) in [5.41, 5.74) is 0.352. The maximum atomic E-state index is 14.0. The molecule has 0 aliphatic heterocycles. The van der Waals surface area contributed by atoms with Gasteiger partial charge in [0.15, 0.2) is 17.1 Å². The average molecular weight is 482 g/mol. The number of benzene rings is 2. The lowest BCUT2D eigenvalue weighted by atomic mass is 10.0. The van der Waals surface area contributed by atoms with Crippen LogP contribution in [-0.2, 0) is 6.18 Å². The molecule has 0 radical (unpaired) electrons. The van der Waals surface area contributed by atoms with Crippen LogP contribution in [0.4, 0.5) is 13.2 Å². The lowest BCUT2D eigenvalue weighted by Gasteiger charge is -2.13. The van der Waals surface area contributed by atoms with Crippen molar-refractivity contribution >= 4 is 34.2 Å². The Bertz CT molecular complexity index is 1340. The first-order valence-electron chi connectivity index (χ1n) is 9.29. The van der Waals surface area contributed by atoms with Gasteiger partial charge in [0.1, 0.15) is 0 Å². The minimum atomic E-state index is -4.62. The molecule has 32 heavy (non-hydrogen) atoms. The Morgan fingerprint density at radius 2 is 1.62 bits per heavy atom. The van der Waals surface area contributed by atoms with Gasteiger partial charge in [0, 0.05) is 5.56 Å². The summed E-state index contributed by atoms with van der Waals surface area (Å²) in [6.07, 6.45) is -4.62. The molecule has 5 nitrogen and oxygen atoms in total. The highest BCUT2D eigenvalue weighted by Gasteiger charge is 2.36. The molecular weight excluding hydrogens is 466 g/mol. The molecule has 0 saturated heterocycles. The molecule has 2 aromatic heterocycles. The molecule has 0 aliphatic rings. The Hall–Kier alpha value is -2.97. The van der Waals surface area contributed by atoms with Crippen LogP contribution in [0.2, 0.25) is 10.0 Å². The van der Waals surface area contributed by atoms with Gasteiger partial charge in [-0.1, -0.05) is 23.2 Å². The van der Waals surface area contributed by atoms with Gasteiger partial charge in [-0.3, -0.25) is 0 Å². The molecule has 0 amide bonds. The fourth-order valence-electron chi connectivity index (χ4n) is 3.45. The molecule has 0 saturated carbocycles. The van der Waals surface area contributed by atoms with Gasteiger partial charge in [-0.25, -0.2) is 9.67 Å². The molecule has 0 fully saturated rings. The van der Waals surface area contributed by atoms with E-state index in [0.717, 1.165) is 6.07 Å². The van der Waals surface area contributed by atoms with Crippen LogP contribution in [-0.4, -0.2) is 29.0 Å². The monoisotopic (exact) mass is 481 g/mol. The van der Waals surface area contributed by atoms with Gasteiger partial charge in [-0.15, -0.1) is 0 Å². The van der Waals surface area contributed by atoms with Crippen molar-refractivity contribution in [2.75, 3.05) is 14.2 Å². The molecule has 0 N–H and O–H groups in total. The van der Waals surface area contributed by atoms with Gasteiger partial charge in [0.25, 0.3) is 0 Å². The summed E-state index contributed by atoms with van der Waals surface area (Å²) < 4.78 is 53.9. The van der Waals surface area contributed by atoms with Crippen molar-refractivity contribution < 1.29 is 22.6 Å². The van der Waals surface area contributed by atoms with Gasteiger partial charge in [0.2, 0.25) is 0 Å². The van der Waals surface area contributed by atoms with Crippen molar-refractivity contribution in [1.29, 1.82) is 0 Å². The lowest BCUT2D eigenvalue weighted by Crippen LogP contribution is -2.08. The summed E-state index contributed by atoms with van der Waals surface area (Å²) in [7, 11) is 2.92. The Kier molecular flexibility index (Phi) is 5.68. The zero-order chi connectivity index (χ0) is 23.2. The van der Waals surface area contributed by atoms with Crippen LogP contribution in [0.3, 0.4) is 0 Å². The van der Waals surface area contributed by atoms with Crippen molar-refractivity contribution in [3.63, 3.8) is 0 Å². The standard InChI is InChI=1S/C22H16Cl2F3N3O2/c1-11-20-14(22(25,26)27)10-17(12-4-7-18(31-2)19(8-12)32-3)28-21(20)30(29-11)13-5-6-15(23)16(24)9-13/h4-10H,1-3H3. The predicted octanol–water partition coefficient (Wildman–Crippen LogP) is 6.74. The molecular formula is C22H16Cl2F3N3O2. The van der Waals surface area contributed by atoms with Crippen molar-refractivity contribution in [1.82, 2.24) is 14.8 Å². The number of aryl methyl sites for hydroxylation is 1. The fraction of sp³-hybridized carbons (Fsp3) is 0.182. The second kappa shape index (κ2) is 8.18. The third kappa shape index (κ3) is 3.84. The molecule has 0 aliphatic carbocycles. The summed E-state index contributed by atoms with van der Waals surface area (Å²) in [5.74, 6) is 0.819. The second-order valence-corrected chi connectivity index (χ2v) is 7.73. The maximum absolute atomic E-state index is 14.0. The smallest absolute Gasteiger partial charge is 0.417 e. The lowest BCUT2D eigenvalue weighted by molar-refractivity contribution is -0.136. The van der Waals surface area contributed by atoms with E-state index in [-0.39, 0.29) is 27.4 Å². The average Bonchev–Trinajstić information content (AvgIpc) is 3.10. The number of hydrogen-bond acceptors (Lipinski definition) is 4. The van der Waals surface area contributed by atoms with Crippen LogP contribution < -0.4 is 9.47 Å². The van der Waals surface area contributed by atoms with Crippen LogP contribution in [0.5, 0.6) is 11.5 Å². The molecule has 0 unspecified atom stereocenters. The third-order valence-corrected chi connectivity index (χ3v) is 5.68. The van der Waals surface area contributed by atoms with Gasteiger partial charge in [-0.05, 0) is 49.4 Å². The highest BCUT2D eigenvalue weighted by Crippen LogP contribution is 2.40. The molecule has 4 aromatic rings.